The summed E-state index contributed by atoms with van der Waals surface area (Å²) in [4.78, 5) is 20.6. The number of ketones is 1. The number of rotatable bonds is 8. The molecule has 11 nitrogen and oxygen atoms in total. The Bertz CT molecular complexity index is 2040. The SMILES string of the molecule is Cc1cc(Oc2c(F)cccc2F)ncc1-n1ncc(C(=O)c2cc3cc(F)c(N(C4CCOCC4)S(C)(=O)=O)cc3[nH]2)c1N. The number of hydrogen-bond donors (Lipinski definition) is 2. The van der Waals surface area contributed by atoms with Crippen molar-refractivity contribution in [2.75, 3.05) is 29.5 Å². The molecule has 4 heterocycles. The normalized spacial score (nSPS) is 14.2. The molecule has 0 aliphatic carbocycles. The number of carbonyl (C=O) groups is 1. The van der Waals surface area contributed by atoms with Crippen LogP contribution in [0.3, 0.4) is 0 Å². The Hall–Kier alpha value is -4.89. The van der Waals surface area contributed by atoms with E-state index in [-0.39, 0.29) is 28.6 Å². The third-order valence-corrected chi connectivity index (χ3v) is 8.72. The van der Waals surface area contributed by atoms with Crippen LogP contribution >= 0.6 is 0 Å². The number of benzene rings is 2. The zero-order valence-electron chi connectivity index (χ0n) is 24.1. The first-order chi connectivity index (χ1) is 21.4. The summed E-state index contributed by atoms with van der Waals surface area (Å²) in [6.45, 7) is 2.39. The smallest absolute Gasteiger partial charge is 0.232 e. The molecule has 45 heavy (non-hydrogen) atoms. The van der Waals surface area contributed by atoms with Crippen LogP contribution in [0.15, 0.2) is 54.9 Å². The topological polar surface area (TPSA) is 145 Å². The highest BCUT2D eigenvalue weighted by Crippen LogP contribution is 2.33. The molecule has 5 aromatic rings. The van der Waals surface area contributed by atoms with Gasteiger partial charge in [-0.15, -0.1) is 0 Å². The number of aromatic nitrogens is 4. The first kappa shape index (κ1) is 30.1. The molecule has 0 saturated carbocycles. The van der Waals surface area contributed by atoms with E-state index in [0.29, 0.717) is 48.2 Å². The number of sulfonamides is 1. The molecule has 3 aromatic heterocycles. The van der Waals surface area contributed by atoms with E-state index in [1.54, 1.807) is 6.92 Å². The van der Waals surface area contributed by atoms with Crippen molar-refractivity contribution in [2.45, 2.75) is 25.8 Å². The van der Waals surface area contributed by atoms with E-state index in [1.807, 2.05) is 0 Å². The van der Waals surface area contributed by atoms with Crippen molar-refractivity contribution in [3.05, 3.63) is 89.1 Å². The van der Waals surface area contributed by atoms with Crippen molar-refractivity contribution in [1.82, 2.24) is 19.7 Å². The zero-order chi connectivity index (χ0) is 32.0. The zero-order valence-corrected chi connectivity index (χ0v) is 24.9. The quantitative estimate of drug-likeness (QED) is 0.225. The number of aromatic amines is 1. The van der Waals surface area contributed by atoms with Crippen LogP contribution in [0.1, 0.15) is 34.5 Å². The molecule has 0 spiro atoms. The Balaban J connectivity index is 1.29. The van der Waals surface area contributed by atoms with Gasteiger partial charge in [0, 0.05) is 36.2 Å². The lowest BCUT2D eigenvalue weighted by Crippen LogP contribution is -2.43. The molecular formula is C30H27F3N6O5S. The van der Waals surface area contributed by atoms with Crippen molar-refractivity contribution in [1.29, 1.82) is 0 Å². The number of halogens is 3. The Kier molecular flexibility index (Phi) is 7.74. The number of hydrogen-bond acceptors (Lipinski definition) is 8. The molecule has 0 unspecified atom stereocenters. The molecule has 0 bridgehead atoms. The number of nitrogens with zero attached hydrogens (tertiary/aromatic N) is 4. The summed E-state index contributed by atoms with van der Waals surface area (Å²) in [5.41, 5.74) is 7.57. The van der Waals surface area contributed by atoms with Crippen molar-refractivity contribution in [2.24, 2.45) is 0 Å². The molecule has 0 amide bonds. The molecule has 1 aliphatic heterocycles. The van der Waals surface area contributed by atoms with Gasteiger partial charge in [0.05, 0.1) is 41.3 Å². The number of ether oxygens (including phenoxy) is 2. The van der Waals surface area contributed by atoms with Crippen molar-refractivity contribution >= 4 is 38.2 Å². The van der Waals surface area contributed by atoms with E-state index in [4.69, 9.17) is 15.2 Å². The molecule has 6 rings (SSSR count). The Morgan fingerprint density at radius 3 is 2.47 bits per heavy atom. The Morgan fingerprint density at radius 1 is 1.09 bits per heavy atom. The number of nitrogen functional groups attached to an aromatic ring is 1. The monoisotopic (exact) mass is 640 g/mol. The number of fused-ring (bicyclic) bond motifs is 1. The fraction of sp³-hybridized carbons (Fsp3) is 0.233. The Morgan fingerprint density at radius 2 is 1.80 bits per heavy atom. The second kappa shape index (κ2) is 11.6. The number of H-pyrrole nitrogens is 1. The average molecular weight is 641 g/mol. The summed E-state index contributed by atoms with van der Waals surface area (Å²) in [6.07, 6.45) is 4.45. The molecule has 1 fully saturated rings. The van der Waals surface area contributed by atoms with E-state index >= 15 is 4.39 Å². The van der Waals surface area contributed by atoms with Crippen LogP contribution in [-0.4, -0.2) is 59.5 Å². The van der Waals surface area contributed by atoms with E-state index in [2.05, 4.69) is 15.1 Å². The molecule has 234 valence electrons. The highest BCUT2D eigenvalue weighted by atomic mass is 32.2. The van der Waals surface area contributed by atoms with E-state index in [9.17, 15) is 22.0 Å². The van der Waals surface area contributed by atoms with Crippen LogP contribution in [0.25, 0.3) is 16.6 Å². The molecule has 0 atom stereocenters. The fourth-order valence-electron chi connectivity index (χ4n) is 5.35. The van der Waals surface area contributed by atoms with Crippen LogP contribution < -0.4 is 14.8 Å². The van der Waals surface area contributed by atoms with Crippen molar-refractivity contribution in [3.63, 3.8) is 0 Å². The molecule has 2 aromatic carbocycles. The highest BCUT2D eigenvalue weighted by molar-refractivity contribution is 7.92. The molecule has 0 radical (unpaired) electrons. The number of nitrogens with two attached hydrogens (primary N) is 1. The van der Waals surface area contributed by atoms with Gasteiger partial charge in [0.25, 0.3) is 0 Å². The van der Waals surface area contributed by atoms with E-state index < -0.39 is 45.0 Å². The third kappa shape index (κ3) is 5.71. The Labute approximate surface area is 255 Å². The van der Waals surface area contributed by atoms with E-state index in [0.717, 1.165) is 22.7 Å². The van der Waals surface area contributed by atoms with Gasteiger partial charge in [0.15, 0.2) is 11.6 Å². The summed E-state index contributed by atoms with van der Waals surface area (Å²) in [7, 11) is -3.83. The number of carbonyl (C=O) groups excluding carboxylic acids is 1. The minimum atomic E-state index is -3.83. The van der Waals surface area contributed by atoms with Gasteiger partial charge >= 0.3 is 0 Å². The van der Waals surface area contributed by atoms with Crippen molar-refractivity contribution < 1.29 is 35.9 Å². The third-order valence-electron chi connectivity index (χ3n) is 7.51. The second-order valence-electron chi connectivity index (χ2n) is 10.6. The van der Waals surface area contributed by atoms with Gasteiger partial charge in [-0.1, -0.05) is 6.07 Å². The first-order valence-electron chi connectivity index (χ1n) is 13.8. The van der Waals surface area contributed by atoms with Crippen molar-refractivity contribution in [3.8, 4) is 17.3 Å². The first-order valence-corrected chi connectivity index (χ1v) is 15.6. The number of anilines is 2. The minimum absolute atomic E-state index is 0.0213. The number of pyridine rings is 1. The van der Waals surface area contributed by atoms with Crippen LogP contribution in [0, 0.1) is 24.4 Å². The lowest BCUT2D eigenvalue weighted by atomic mass is 10.1. The standard InChI is InChI=1S/C30H27F3N6O5S/c1-16-10-27(44-29-20(31)4-3-5-21(29)32)35-15-26(16)38-30(34)19(14-36-38)28(40)24-12-17-11-22(33)25(13-23(17)37-24)39(45(2,41)42)18-6-8-43-9-7-18/h3-5,10-15,18,37H,6-9,34H2,1-2H3. The summed E-state index contributed by atoms with van der Waals surface area (Å²) in [5.74, 6) is -3.76. The van der Waals surface area contributed by atoms with Crippen LogP contribution in [-0.2, 0) is 14.8 Å². The maximum atomic E-state index is 15.3. The summed E-state index contributed by atoms with van der Waals surface area (Å²) < 4.78 is 81.8. The number of nitrogens with one attached hydrogen (secondary N) is 1. The van der Waals surface area contributed by atoms with Gasteiger partial charge in [0.2, 0.25) is 27.4 Å². The lowest BCUT2D eigenvalue weighted by Gasteiger charge is -2.34. The average Bonchev–Trinajstić information content (AvgIpc) is 3.58. The molecule has 1 aliphatic rings. The van der Waals surface area contributed by atoms with E-state index in [1.165, 1.54) is 47.4 Å². The summed E-state index contributed by atoms with van der Waals surface area (Å²) >= 11 is 0. The van der Waals surface area contributed by atoms with Gasteiger partial charge < -0.3 is 20.2 Å². The maximum Gasteiger partial charge on any atom is 0.232 e. The molecule has 3 N–H and O–H groups in total. The van der Waals surface area contributed by atoms with Gasteiger partial charge in [-0.2, -0.15) is 5.10 Å². The van der Waals surface area contributed by atoms with Crippen LogP contribution in [0.2, 0.25) is 0 Å². The van der Waals surface area contributed by atoms with Crippen LogP contribution in [0.5, 0.6) is 11.6 Å². The fourth-order valence-corrected chi connectivity index (χ4v) is 6.60. The second-order valence-corrected chi connectivity index (χ2v) is 12.5. The van der Waals surface area contributed by atoms with Gasteiger partial charge in [0.1, 0.15) is 11.6 Å². The summed E-state index contributed by atoms with van der Waals surface area (Å²) in [5, 5.41) is 4.59. The predicted molar refractivity (Wildman–Crippen MR) is 160 cm³/mol. The number of para-hydroxylation sites is 1. The lowest BCUT2D eigenvalue weighted by molar-refractivity contribution is 0.0875. The minimum Gasteiger partial charge on any atom is -0.433 e. The maximum absolute atomic E-state index is 15.3. The molecular weight excluding hydrogens is 613 g/mol. The van der Waals surface area contributed by atoms with Crippen LogP contribution in [0.4, 0.5) is 24.7 Å². The largest absolute Gasteiger partial charge is 0.433 e. The molecule has 15 heteroatoms. The van der Waals surface area contributed by atoms with Gasteiger partial charge in [-0.25, -0.2) is 31.3 Å². The van der Waals surface area contributed by atoms with Gasteiger partial charge in [-0.3, -0.25) is 9.10 Å². The predicted octanol–water partition coefficient (Wildman–Crippen LogP) is 5.02. The number of aryl methyl sites for hydroxylation is 1. The molecule has 1 saturated heterocycles. The highest BCUT2D eigenvalue weighted by Gasteiger charge is 2.31. The summed E-state index contributed by atoms with van der Waals surface area (Å²) in [6, 6.07) is 8.29. The van der Waals surface area contributed by atoms with Gasteiger partial charge in [-0.05, 0) is 55.7 Å².